The van der Waals surface area contributed by atoms with Crippen LogP contribution in [0.3, 0.4) is 0 Å². The largest absolute Gasteiger partial charge is 0.392 e. The molecule has 2 aliphatic rings. The first-order chi connectivity index (χ1) is 7.86. The van der Waals surface area contributed by atoms with E-state index in [0.717, 1.165) is 18.9 Å². The van der Waals surface area contributed by atoms with Crippen molar-refractivity contribution >= 4 is 0 Å². The Labute approximate surface area is 99.8 Å². The van der Waals surface area contributed by atoms with Crippen LogP contribution >= 0.6 is 0 Å². The molecule has 0 saturated heterocycles. The standard InChI is InChI=1S/C14H27NO/c16-14-9-5-4-8-13(14)15-11-10-12-6-2-1-3-7-12/h12-16H,1-11H2. The summed E-state index contributed by atoms with van der Waals surface area (Å²) in [5.41, 5.74) is 0. The summed E-state index contributed by atoms with van der Waals surface area (Å²) in [4.78, 5) is 0. The number of rotatable bonds is 4. The quantitative estimate of drug-likeness (QED) is 0.771. The summed E-state index contributed by atoms with van der Waals surface area (Å²) in [6, 6.07) is 0.386. The highest BCUT2D eigenvalue weighted by atomic mass is 16.3. The molecular weight excluding hydrogens is 198 g/mol. The van der Waals surface area contributed by atoms with E-state index in [1.165, 1.54) is 57.8 Å². The van der Waals surface area contributed by atoms with Crippen molar-refractivity contribution in [1.29, 1.82) is 0 Å². The number of aliphatic hydroxyl groups is 1. The van der Waals surface area contributed by atoms with Crippen LogP contribution < -0.4 is 5.32 Å². The Morgan fingerprint density at radius 3 is 2.31 bits per heavy atom. The summed E-state index contributed by atoms with van der Waals surface area (Å²) in [6.07, 6.45) is 13.1. The van der Waals surface area contributed by atoms with Crippen molar-refractivity contribution in [2.45, 2.75) is 76.4 Å². The Morgan fingerprint density at radius 2 is 1.56 bits per heavy atom. The topological polar surface area (TPSA) is 32.3 Å². The molecule has 16 heavy (non-hydrogen) atoms. The third kappa shape index (κ3) is 3.74. The predicted octanol–water partition coefficient (Wildman–Crippen LogP) is 2.85. The Morgan fingerprint density at radius 1 is 0.875 bits per heavy atom. The van der Waals surface area contributed by atoms with Gasteiger partial charge in [-0.3, -0.25) is 0 Å². The van der Waals surface area contributed by atoms with Crippen LogP contribution in [0.15, 0.2) is 0 Å². The van der Waals surface area contributed by atoms with E-state index >= 15 is 0 Å². The Bertz CT molecular complexity index is 189. The van der Waals surface area contributed by atoms with Crippen LogP contribution in [0.2, 0.25) is 0 Å². The highest BCUT2D eigenvalue weighted by Crippen LogP contribution is 2.26. The maximum absolute atomic E-state index is 9.84. The SMILES string of the molecule is OC1CCCCC1NCCC1CCCCC1. The fourth-order valence-corrected chi connectivity index (χ4v) is 3.30. The first-order valence-corrected chi connectivity index (χ1v) is 7.28. The first kappa shape index (κ1) is 12.4. The molecule has 0 aromatic carbocycles. The lowest BCUT2D eigenvalue weighted by Crippen LogP contribution is -2.42. The van der Waals surface area contributed by atoms with Crippen LogP contribution in [0.25, 0.3) is 0 Å². The molecule has 0 radical (unpaired) electrons. The molecule has 2 aliphatic carbocycles. The molecule has 0 spiro atoms. The fraction of sp³-hybridized carbons (Fsp3) is 1.00. The molecule has 2 rings (SSSR count). The number of hydrogen-bond donors (Lipinski definition) is 2. The molecule has 0 heterocycles. The molecule has 0 aromatic heterocycles. The minimum Gasteiger partial charge on any atom is -0.392 e. The molecule has 2 fully saturated rings. The van der Waals surface area contributed by atoms with E-state index in [-0.39, 0.29) is 6.10 Å². The number of hydrogen-bond acceptors (Lipinski definition) is 2. The van der Waals surface area contributed by atoms with Crippen molar-refractivity contribution in [1.82, 2.24) is 5.32 Å². The Balaban J connectivity index is 1.59. The molecule has 2 heteroatoms. The zero-order valence-corrected chi connectivity index (χ0v) is 10.5. The smallest absolute Gasteiger partial charge is 0.0693 e. The van der Waals surface area contributed by atoms with Gasteiger partial charge in [-0.05, 0) is 31.7 Å². The van der Waals surface area contributed by atoms with Gasteiger partial charge in [0.15, 0.2) is 0 Å². The van der Waals surface area contributed by atoms with Crippen molar-refractivity contribution in [2.75, 3.05) is 6.54 Å². The highest BCUT2D eigenvalue weighted by molar-refractivity contribution is 4.80. The van der Waals surface area contributed by atoms with Gasteiger partial charge in [0.2, 0.25) is 0 Å². The van der Waals surface area contributed by atoms with Crippen molar-refractivity contribution < 1.29 is 5.11 Å². The van der Waals surface area contributed by atoms with E-state index < -0.39 is 0 Å². The van der Waals surface area contributed by atoms with Crippen LogP contribution in [-0.4, -0.2) is 23.8 Å². The van der Waals surface area contributed by atoms with E-state index in [1.54, 1.807) is 0 Å². The van der Waals surface area contributed by atoms with E-state index in [0.29, 0.717) is 6.04 Å². The van der Waals surface area contributed by atoms with Gasteiger partial charge in [0.1, 0.15) is 0 Å². The summed E-state index contributed by atoms with van der Waals surface area (Å²) < 4.78 is 0. The third-order valence-electron chi connectivity index (χ3n) is 4.41. The van der Waals surface area contributed by atoms with Crippen molar-refractivity contribution in [3.63, 3.8) is 0 Å². The van der Waals surface area contributed by atoms with E-state index in [4.69, 9.17) is 0 Å². The van der Waals surface area contributed by atoms with Crippen LogP contribution in [0.4, 0.5) is 0 Å². The van der Waals surface area contributed by atoms with Gasteiger partial charge >= 0.3 is 0 Å². The molecular formula is C14H27NO. The van der Waals surface area contributed by atoms with Crippen LogP contribution in [0.1, 0.15) is 64.2 Å². The maximum Gasteiger partial charge on any atom is 0.0693 e. The zero-order chi connectivity index (χ0) is 11.2. The lowest BCUT2D eigenvalue weighted by molar-refractivity contribution is 0.0899. The number of nitrogens with one attached hydrogen (secondary N) is 1. The Kier molecular flexibility index (Phi) is 5.11. The highest BCUT2D eigenvalue weighted by Gasteiger charge is 2.22. The normalized spacial score (nSPS) is 32.8. The van der Waals surface area contributed by atoms with Crippen LogP contribution in [0.5, 0.6) is 0 Å². The van der Waals surface area contributed by atoms with Crippen molar-refractivity contribution in [3.8, 4) is 0 Å². The van der Waals surface area contributed by atoms with Crippen molar-refractivity contribution in [2.24, 2.45) is 5.92 Å². The van der Waals surface area contributed by atoms with Gasteiger partial charge in [0.05, 0.1) is 6.10 Å². The van der Waals surface area contributed by atoms with Crippen LogP contribution in [-0.2, 0) is 0 Å². The monoisotopic (exact) mass is 225 g/mol. The fourth-order valence-electron chi connectivity index (χ4n) is 3.30. The van der Waals surface area contributed by atoms with E-state index in [1.807, 2.05) is 0 Å². The van der Waals surface area contributed by atoms with Gasteiger partial charge in [-0.1, -0.05) is 44.9 Å². The molecule has 0 amide bonds. The summed E-state index contributed by atoms with van der Waals surface area (Å²) in [5, 5.41) is 13.4. The maximum atomic E-state index is 9.84. The lowest BCUT2D eigenvalue weighted by atomic mass is 9.86. The first-order valence-electron chi connectivity index (χ1n) is 7.28. The lowest BCUT2D eigenvalue weighted by Gasteiger charge is -2.29. The Hall–Kier alpha value is -0.0800. The molecule has 94 valence electrons. The van der Waals surface area contributed by atoms with E-state index in [2.05, 4.69) is 5.32 Å². The van der Waals surface area contributed by atoms with Gasteiger partial charge in [0, 0.05) is 6.04 Å². The van der Waals surface area contributed by atoms with Gasteiger partial charge in [-0.2, -0.15) is 0 Å². The van der Waals surface area contributed by atoms with Gasteiger partial charge < -0.3 is 10.4 Å². The van der Waals surface area contributed by atoms with Crippen LogP contribution in [0, 0.1) is 5.92 Å². The minimum absolute atomic E-state index is 0.0832. The van der Waals surface area contributed by atoms with Gasteiger partial charge in [0.25, 0.3) is 0 Å². The summed E-state index contributed by atoms with van der Waals surface area (Å²) in [7, 11) is 0. The molecule has 0 aliphatic heterocycles. The summed E-state index contributed by atoms with van der Waals surface area (Å²) >= 11 is 0. The summed E-state index contributed by atoms with van der Waals surface area (Å²) in [5.74, 6) is 0.960. The average Bonchev–Trinajstić information content (AvgIpc) is 2.33. The van der Waals surface area contributed by atoms with Crippen molar-refractivity contribution in [3.05, 3.63) is 0 Å². The van der Waals surface area contributed by atoms with Gasteiger partial charge in [-0.15, -0.1) is 0 Å². The molecule has 2 atom stereocenters. The second-order valence-corrected chi connectivity index (χ2v) is 5.71. The van der Waals surface area contributed by atoms with Gasteiger partial charge in [-0.25, -0.2) is 0 Å². The minimum atomic E-state index is -0.0832. The molecule has 0 aromatic rings. The second kappa shape index (κ2) is 6.61. The summed E-state index contributed by atoms with van der Waals surface area (Å²) in [6.45, 7) is 1.12. The second-order valence-electron chi connectivity index (χ2n) is 5.71. The predicted molar refractivity (Wildman–Crippen MR) is 67.5 cm³/mol. The molecule has 2 N–H and O–H groups in total. The zero-order valence-electron chi connectivity index (χ0n) is 10.5. The molecule has 0 bridgehead atoms. The molecule has 2 saturated carbocycles. The van der Waals surface area contributed by atoms with E-state index in [9.17, 15) is 5.11 Å². The molecule has 2 unspecified atom stereocenters. The molecule has 2 nitrogen and oxygen atoms in total. The number of aliphatic hydroxyl groups excluding tert-OH is 1. The average molecular weight is 225 g/mol. The third-order valence-corrected chi connectivity index (χ3v) is 4.41.